The van der Waals surface area contributed by atoms with Gasteiger partial charge in [-0.3, -0.25) is 9.59 Å². The molecule has 0 bridgehead atoms. The number of benzene rings is 1. The van der Waals surface area contributed by atoms with Crippen LogP contribution in [-0.4, -0.2) is 32.0 Å². The normalized spacial score (nSPS) is 11.0. The van der Waals surface area contributed by atoms with E-state index in [4.69, 9.17) is 0 Å². The van der Waals surface area contributed by atoms with Crippen LogP contribution in [0.2, 0.25) is 0 Å². The Labute approximate surface area is 113 Å². The number of hydrogen-bond acceptors (Lipinski definition) is 2. The van der Waals surface area contributed by atoms with Crippen LogP contribution < -0.4 is 16.0 Å². The van der Waals surface area contributed by atoms with Crippen molar-refractivity contribution in [3.05, 3.63) is 29.8 Å². The Bertz CT molecular complexity index is 489. The number of carbonyl (C=O) groups is 2. The molecule has 5 nitrogen and oxygen atoms in total. The average Bonchev–Trinajstić information content (AvgIpc) is 2.37. The average molecular weight is 290 g/mol. The van der Waals surface area contributed by atoms with Gasteiger partial charge in [0.2, 0.25) is 0 Å². The number of hydrogen-bond donors (Lipinski definition) is 3. The topological polar surface area (TPSA) is 74.8 Å². The fraction of sp³-hybridized carbons (Fsp3) is 0.333. The number of carbonyl (C=O) groups excluding carboxylic acids is 2. The highest BCUT2D eigenvalue weighted by molar-refractivity contribution is 5.91. The van der Waals surface area contributed by atoms with Crippen LogP contribution in [0.5, 0.6) is 0 Å². The third kappa shape index (κ3) is 5.27. The van der Waals surface area contributed by atoms with E-state index in [9.17, 15) is 22.8 Å². The van der Waals surface area contributed by atoms with Crippen LogP contribution in [0.25, 0.3) is 0 Å². The van der Waals surface area contributed by atoms with Crippen molar-refractivity contribution in [1.82, 2.24) is 5.32 Å². The second-order valence-corrected chi connectivity index (χ2v) is 4.00. The number of halogens is 3. The number of nitrogens with one attached hydrogen (secondary N) is 2. The third-order valence-electron chi connectivity index (χ3n) is 2.41. The van der Waals surface area contributed by atoms with Crippen molar-refractivity contribution in [2.24, 2.45) is 0 Å². The van der Waals surface area contributed by atoms with Crippen LogP contribution in [0.3, 0.4) is 0 Å². The first-order chi connectivity index (χ1) is 9.32. The molecule has 1 aromatic rings. The maximum atomic E-state index is 12.5. The van der Waals surface area contributed by atoms with Crippen LogP contribution in [0.1, 0.15) is 5.56 Å². The quantitative estimate of drug-likeness (QED) is 0.711. The summed E-state index contributed by atoms with van der Waals surface area (Å²) in [6, 6.07) is 4.36. The molecule has 2 amide bonds. The van der Waals surface area contributed by atoms with Crippen LogP contribution in [0.4, 0.5) is 18.9 Å². The minimum absolute atomic E-state index is 0.0519. The highest BCUT2D eigenvalue weighted by Gasteiger charge is 2.30. The van der Waals surface area contributed by atoms with Gasteiger partial charge in [-0.1, -0.05) is 6.07 Å². The summed E-state index contributed by atoms with van der Waals surface area (Å²) in [4.78, 5) is 22.4. The molecule has 0 spiro atoms. The fourth-order valence-electron chi connectivity index (χ4n) is 1.42. The number of nitrogens with two attached hydrogens (primary N) is 1. The predicted octanol–water partition coefficient (Wildman–Crippen LogP) is -0.0467. The van der Waals surface area contributed by atoms with Crippen molar-refractivity contribution in [3.8, 4) is 0 Å². The number of quaternary nitrogens is 1. The Hall–Kier alpha value is -2.09. The lowest BCUT2D eigenvalue weighted by Crippen LogP contribution is -2.88. The third-order valence-corrected chi connectivity index (χ3v) is 2.41. The van der Waals surface area contributed by atoms with E-state index in [-0.39, 0.29) is 24.7 Å². The minimum Gasteiger partial charge on any atom is -0.354 e. The van der Waals surface area contributed by atoms with E-state index in [1.807, 2.05) is 0 Å². The lowest BCUT2D eigenvalue weighted by molar-refractivity contribution is -0.632. The second kappa shape index (κ2) is 6.90. The first-order valence-corrected chi connectivity index (χ1v) is 5.82. The summed E-state index contributed by atoms with van der Waals surface area (Å²) in [6.45, 7) is 0.0240. The van der Waals surface area contributed by atoms with E-state index in [0.29, 0.717) is 0 Å². The number of anilines is 1. The molecule has 0 saturated carbocycles. The van der Waals surface area contributed by atoms with Crippen molar-refractivity contribution < 1.29 is 28.1 Å². The van der Waals surface area contributed by atoms with Crippen molar-refractivity contribution in [2.75, 3.05) is 25.5 Å². The molecule has 0 radical (unpaired) electrons. The van der Waals surface area contributed by atoms with Gasteiger partial charge >= 0.3 is 6.18 Å². The highest BCUT2D eigenvalue weighted by Crippen LogP contribution is 2.30. The molecule has 1 rings (SSSR count). The van der Waals surface area contributed by atoms with Crippen LogP contribution in [0, 0.1) is 0 Å². The number of alkyl halides is 3. The zero-order valence-corrected chi connectivity index (χ0v) is 10.8. The van der Waals surface area contributed by atoms with E-state index >= 15 is 0 Å². The summed E-state index contributed by atoms with van der Waals surface area (Å²) in [6.07, 6.45) is -4.45. The van der Waals surface area contributed by atoms with Crippen LogP contribution in [0.15, 0.2) is 24.3 Å². The molecule has 1 aromatic carbocycles. The summed E-state index contributed by atoms with van der Waals surface area (Å²) in [5, 5.41) is 6.18. The van der Waals surface area contributed by atoms with Gasteiger partial charge in [0, 0.05) is 12.7 Å². The van der Waals surface area contributed by atoms with E-state index in [1.54, 1.807) is 0 Å². The minimum atomic E-state index is -4.45. The van der Waals surface area contributed by atoms with E-state index in [1.165, 1.54) is 24.5 Å². The number of likely N-dealkylation sites (N-methyl/N-ethyl adjacent to an activating group) is 1. The van der Waals surface area contributed by atoms with Gasteiger partial charge in [0.15, 0.2) is 13.1 Å². The molecule has 110 valence electrons. The molecule has 0 heterocycles. The Morgan fingerprint density at radius 2 is 1.85 bits per heavy atom. The van der Waals surface area contributed by atoms with Gasteiger partial charge in [-0.15, -0.1) is 0 Å². The summed E-state index contributed by atoms with van der Waals surface area (Å²) < 4.78 is 37.4. The Balaban J connectivity index is 2.52. The van der Waals surface area contributed by atoms with Crippen molar-refractivity contribution in [2.45, 2.75) is 6.18 Å². The highest BCUT2D eigenvalue weighted by atomic mass is 19.4. The van der Waals surface area contributed by atoms with E-state index in [2.05, 4.69) is 10.6 Å². The van der Waals surface area contributed by atoms with Gasteiger partial charge in [-0.2, -0.15) is 13.2 Å². The maximum Gasteiger partial charge on any atom is 0.416 e. The monoisotopic (exact) mass is 290 g/mol. The van der Waals surface area contributed by atoms with Crippen LogP contribution >= 0.6 is 0 Å². The fourth-order valence-corrected chi connectivity index (χ4v) is 1.42. The molecule has 0 aliphatic rings. The Morgan fingerprint density at radius 1 is 1.20 bits per heavy atom. The molecular weight excluding hydrogens is 275 g/mol. The molecule has 8 heteroatoms. The first kappa shape index (κ1) is 16.0. The van der Waals surface area contributed by atoms with Gasteiger partial charge < -0.3 is 16.0 Å². The summed E-state index contributed by atoms with van der Waals surface area (Å²) >= 11 is 0. The molecule has 0 atom stereocenters. The summed E-state index contributed by atoms with van der Waals surface area (Å²) in [5.74, 6) is -0.718. The number of rotatable bonds is 5. The molecular formula is C12H15F3N3O2+. The van der Waals surface area contributed by atoms with Crippen LogP contribution in [-0.2, 0) is 15.8 Å². The summed E-state index contributed by atoms with van der Waals surface area (Å²) in [5.41, 5.74) is -0.761. The first-order valence-electron chi connectivity index (χ1n) is 5.82. The zero-order valence-electron chi connectivity index (χ0n) is 10.8. The van der Waals surface area contributed by atoms with Gasteiger partial charge in [0.1, 0.15) is 0 Å². The van der Waals surface area contributed by atoms with Crippen molar-refractivity contribution in [1.29, 1.82) is 0 Å². The number of amides is 2. The predicted molar refractivity (Wildman–Crippen MR) is 65.8 cm³/mol. The van der Waals surface area contributed by atoms with Crippen molar-refractivity contribution >= 4 is 17.5 Å². The SMILES string of the molecule is CNC(=O)C[NH2+]CC(=O)Nc1cccc(C(F)(F)F)c1. The standard InChI is InChI=1S/C12H14F3N3O2/c1-16-10(19)6-17-7-11(20)18-9-4-2-3-8(5-9)12(13,14)15/h2-5,17H,6-7H2,1H3,(H,16,19)(H,18,20)/p+1. The Morgan fingerprint density at radius 3 is 2.45 bits per heavy atom. The molecule has 0 saturated heterocycles. The molecule has 4 N–H and O–H groups in total. The van der Waals surface area contributed by atoms with Gasteiger partial charge in [-0.25, -0.2) is 0 Å². The molecule has 0 aliphatic heterocycles. The molecule has 0 aromatic heterocycles. The molecule has 0 unspecified atom stereocenters. The Kier molecular flexibility index (Phi) is 5.51. The lowest BCUT2D eigenvalue weighted by Gasteiger charge is -2.09. The van der Waals surface area contributed by atoms with E-state index < -0.39 is 17.6 Å². The largest absolute Gasteiger partial charge is 0.416 e. The van der Waals surface area contributed by atoms with Gasteiger partial charge in [0.25, 0.3) is 11.8 Å². The van der Waals surface area contributed by atoms with Crippen molar-refractivity contribution in [3.63, 3.8) is 0 Å². The smallest absolute Gasteiger partial charge is 0.354 e. The van der Waals surface area contributed by atoms with Gasteiger partial charge in [0.05, 0.1) is 5.56 Å². The summed E-state index contributed by atoms with van der Waals surface area (Å²) in [7, 11) is 1.47. The van der Waals surface area contributed by atoms with E-state index in [0.717, 1.165) is 12.1 Å². The molecule has 0 fully saturated rings. The molecule has 0 aliphatic carbocycles. The maximum absolute atomic E-state index is 12.5. The lowest BCUT2D eigenvalue weighted by atomic mass is 10.2. The molecule has 20 heavy (non-hydrogen) atoms. The van der Waals surface area contributed by atoms with Gasteiger partial charge in [-0.05, 0) is 18.2 Å². The second-order valence-electron chi connectivity index (χ2n) is 4.00. The zero-order chi connectivity index (χ0) is 15.2.